The van der Waals surface area contributed by atoms with Gasteiger partial charge in [-0.15, -0.1) is 11.6 Å². The number of hydrogen-bond acceptors (Lipinski definition) is 2. The Labute approximate surface area is 159 Å². The number of ether oxygens (including phenoxy) is 2. The van der Waals surface area contributed by atoms with Crippen molar-refractivity contribution in [2.45, 2.75) is 5.38 Å². The maximum atomic E-state index is 6.69. The van der Waals surface area contributed by atoms with Gasteiger partial charge in [0.05, 0.1) is 19.6 Å². The molecule has 2 nitrogen and oxygen atoms in total. The molecule has 0 radical (unpaired) electrons. The average Bonchev–Trinajstić information content (AvgIpc) is 2.48. The summed E-state index contributed by atoms with van der Waals surface area (Å²) in [6.07, 6.45) is 0. The molecule has 1 unspecified atom stereocenters. The molecule has 0 aliphatic carbocycles. The van der Waals surface area contributed by atoms with Crippen LogP contribution in [-0.2, 0) is 0 Å². The monoisotopic (exact) mass is 544 g/mol. The molecule has 0 saturated heterocycles. The third-order valence-electron chi connectivity index (χ3n) is 3.02. The van der Waals surface area contributed by atoms with Crippen LogP contribution in [-0.4, -0.2) is 14.2 Å². The highest BCUT2D eigenvalue weighted by Gasteiger charge is 2.22. The Morgan fingerprint density at radius 3 is 2.38 bits per heavy atom. The second-order valence-corrected chi connectivity index (χ2v) is 7.56. The molecule has 0 aliphatic rings. The molecule has 0 aliphatic heterocycles. The average molecular weight is 546 g/mol. The highest BCUT2D eigenvalue weighted by molar-refractivity contribution is 14.1. The molecule has 21 heavy (non-hydrogen) atoms. The summed E-state index contributed by atoms with van der Waals surface area (Å²) in [4.78, 5) is 0. The predicted molar refractivity (Wildman–Crippen MR) is 102 cm³/mol. The SMILES string of the molecule is COc1ccc(C(Cl)c2cc(I)ccc2Br)c(OC)c1Br. The fraction of sp³-hybridized carbons (Fsp3) is 0.200. The van der Waals surface area contributed by atoms with Gasteiger partial charge >= 0.3 is 0 Å². The Hall–Kier alpha value is 0.0200. The molecule has 0 fully saturated rings. The van der Waals surface area contributed by atoms with Crippen molar-refractivity contribution in [3.8, 4) is 11.5 Å². The van der Waals surface area contributed by atoms with Crippen molar-refractivity contribution in [1.82, 2.24) is 0 Å². The van der Waals surface area contributed by atoms with Gasteiger partial charge in [-0.25, -0.2) is 0 Å². The van der Waals surface area contributed by atoms with Crippen LogP contribution in [0.1, 0.15) is 16.5 Å². The molecule has 6 heteroatoms. The first-order chi connectivity index (χ1) is 9.99. The summed E-state index contributed by atoms with van der Waals surface area (Å²) in [5.74, 6) is 1.39. The van der Waals surface area contributed by atoms with Gasteiger partial charge in [0.25, 0.3) is 0 Å². The number of benzene rings is 2. The Kier molecular flexibility index (Phi) is 6.23. The predicted octanol–water partition coefficient (Wildman–Crippen LogP) is 6.16. The highest BCUT2D eigenvalue weighted by atomic mass is 127. The molecular weight excluding hydrogens is 534 g/mol. The first-order valence-electron chi connectivity index (χ1n) is 5.99. The van der Waals surface area contributed by atoms with Crippen molar-refractivity contribution < 1.29 is 9.47 Å². The molecule has 0 heterocycles. The summed E-state index contributed by atoms with van der Waals surface area (Å²) >= 11 is 16.0. The van der Waals surface area contributed by atoms with E-state index in [0.717, 1.165) is 23.6 Å². The van der Waals surface area contributed by atoms with Gasteiger partial charge in [-0.3, -0.25) is 0 Å². The lowest BCUT2D eigenvalue weighted by molar-refractivity contribution is 0.386. The fourth-order valence-electron chi connectivity index (χ4n) is 1.99. The van der Waals surface area contributed by atoms with E-state index in [-0.39, 0.29) is 5.38 Å². The molecule has 0 saturated carbocycles. The lowest BCUT2D eigenvalue weighted by Gasteiger charge is -2.18. The molecule has 2 aromatic carbocycles. The highest BCUT2D eigenvalue weighted by Crippen LogP contribution is 2.44. The largest absolute Gasteiger partial charge is 0.495 e. The number of halogens is 4. The van der Waals surface area contributed by atoms with Gasteiger partial charge in [0, 0.05) is 13.6 Å². The second-order valence-electron chi connectivity index (χ2n) is 4.23. The van der Waals surface area contributed by atoms with Crippen LogP contribution < -0.4 is 9.47 Å². The van der Waals surface area contributed by atoms with E-state index in [1.807, 2.05) is 24.3 Å². The zero-order valence-corrected chi connectivity index (χ0v) is 17.4. The topological polar surface area (TPSA) is 18.5 Å². The van der Waals surface area contributed by atoms with Gasteiger partial charge in [0.2, 0.25) is 0 Å². The molecule has 0 spiro atoms. The minimum atomic E-state index is -0.328. The van der Waals surface area contributed by atoms with Gasteiger partial charge in [0.15, 0.2) is 0 Å². The zero-order chi connectivity index (χ0) is 15.6. The summed E-state index contributed by atoms with van der Waals surface area (Å²) in [7, 11) is 3.24. The number of hydrogen-bond donors (Lipinski definition) is 0. The summed E-state index contributed by atoms with van der Waals surface area (Å²) < 4.78 is 13.7. The number of rotatable bonds is 4. The van der Waals surface area contributed by atoms with E-state index in [1.165, 1.54) is 0 Å². The van der Waals surface area contributed by atoms with Crippen molar-refractivity contribution >= 4 is 66.1 Å². The Morgan fingerprint density at radius 2 is 1.76 bits per heavy atom. The van der Waals surface area contributed by atoms with E-state index >= 15 is 0 Å². The summed E-state index contributed by atoms with van der Waals surface area (Å²) in [5, 5.41) is -0.328. The molecule has 2 aromatic rings. The molecule has 1 atom stereocenters. The molecule has 0 amide bonds. The lowest BCUT2D eigenvalue weighted by atomic mass is 10.0. The summed E-state index contributed by atoms with van der Waals surface area (Å²) in [6.45, 7) is 0. The lowest BCUT2D eigenvalue weighted by Crippen LogP contribution is -2.01. The van der Waals surface area contributed by atoms with Crippen LogP contribution in [0.3, 0.4) is 0 Å². The van der Waals surface area contributed by atoms with Gasteiger partial charge in [-0.1, -0.05) is 15.9 Å². The van der Waals surface area contributed by atoms with Crippen molar-refractivity contribution in [3.63, 3.8) is 0 Å². The van der Waals surface area contributed by atoms with Crippen LogP contribution in [0, 0.1) is 3.57 Å². The summed E-state index contributed by atoms with van der Waals surface area (Å²) in [5.41, 5.74) is 1.88. The maximum absolute atomic E-state index is 6.69. The smallest absolute Gasteiger partial charge is 0.141 e. The molecule has 0 bridgehead atoms. The second kappa shape index (κ2) is 7.53. The van der Waals surface area contributed by atoms with Crippen molar-refractivity contribution in [2.75, 3.05) is 14.2 Å². The molecule has 112 valence electrons. The van der Waals surface area contributed by atoms with Crippen LogP contribution >= 0.6 is 66.1 Å². The van der Waals surface area contributed by atoms with Gasteiger partial charge < -0.3 is 9.47 Å². The van der Waals surface area contributed by atoms with Crippen LogP contribution in [0.5, 0.6) is 11.5 Å². The first kappa shape index (κ1) is 17.4. The van der Waals surface area contributed by atoms with Crippen molar-refractivity contribution in [2.24, 2.45) is 0 Å². The zero-order valence-electron chi connectivity index (χ0n) is 11.3. The number of alkyl halides is 1. The minimum absolute atomic E-state index is 0.328. The van der Waals surface area contributed by atoms with Crippen LogP contribution in [0.2, 0.25) is 0 Å². The summed E-state index contributed by atoms with van der Waals surface area (Å²) in [6, 6.07) is 9.88. The molecule has 2 rings (SSSR count). The quantitative estimate of drug-likeness (QED) is 0.338. The van der Waals surface area contributed by atoms with E-state index in [9.17, 15) is 0 Å². The van der Waals surface area contributed by atoms with Gasteiger partial charge in [-0.05, 0) is 74.4 Å². The normalized spacial score (nSPS) is 12.1. The van der Waals surface area contributed by atoms with Gasteiger partial charge in [-0.2, -0.15) is 0 Å². The standard InChI is InChI=1S/C15H12Br2ClIO2/c1-20-12-6-4-9(15(21-2)13(12)17)14(18)10-7-8(19)3-5-11(10)16/h3-7,14H,1-2H3. The third kappa shape index (κ3) is 3.68. The van der Waals surface area contributed by atoms with Crippen LogP contribution in [0.25, 0.3) is 0 Å². The van der Waals surface area contributed by atoms with Crippen LogP contribution in [0.4, 0.5) is 0 Å². The van der Waals surface area contributed by atoms with Crippen LogP contribution in [0.15, 0.2) is 39.3 Å². The molecular formula is C15H12Br2ClIO2. The van der Waals surface area contributed by atoms with E-state index < -0.39 is 0 Å². The maximum Gasteiger partial charge on any atom is 0.141 e. The fourth-order valence-corrected chi connectivity index (χ4v) is 4.15. The molecule has 0 N–H and O–H groups in total. The minimum Gasteiger partial charge on any atom is -0.495 e. The van der Waals surface area contributed by atoms with E-state index in [0.29, 0.717) is 11.5 Å². The first-order valence-corrected chi connectivity index (χ1v) is 9.09. The van der Waals surface area contributed by atoms with E-state index in [4.69, 9.17) is 21.1 Å². The van der Waals surface area contributed by atoms with Crippen molar-refractivity contribution in [1.29, 1.82) is 0 Å². The van der Waals surface area contributed by atoms with Crippen molar-refractivity contribution in [3.05, 3.63) is 54.0 Å². The Balaban J connectivity index is 2.55. The Morgan fingerprint density at radius 1 is 1.05 bits per heavy atom. The third-order valence-corrected chi connectivity index (χ3v) is 5.63. The Bertz CT molecular complexity index is 664. The van der Waals surface area contributed by atoms with E-state index in [2.05, 4.69) is 60.5 Å². The number of methoxy groups -OCH3 is 2. The van der Waals surface area contributed by atoms with Gasteiger partial charge in [0.1, 0.15) is 16.0 Å². The molecule has 0 aromatic heterocycles. The van der Waals surface area contributed by atoms with E-state index in [1.54, 1.807) is 14.2 Å².